The van der Waals surface area contributed by atoms with E-state index >= 15 is 0 Å². The van der Waals surface area contributed by atoms with Crippen LogP contribution in [0.1, 0.15) is 28.8 Å². The summed E-state index contributed by atoms with van der Waals surface area (Å²) in [6.45, 7) is 2.47. The fraction of sp³-hybridized carbons (Fsp3) is 0.348. The van der Waals surface area contributed by atoms with Crippen molar-refractivity contribution >= 4 is 28.4 Å². The molecular weight excluding hydrogens is 388 g/mol. The van der Waals surface area contributed by atoms with Crippen LogP contribution in [0.25, 0.3) is 10.9 Å². The summed E-state index contributed by atoms with van der Waals surface area (Å²) in [4.78, 5) is 14.8. The molecule has 1 fully saturated rings. The van der Waals surface area contributed by atoms with E-state index in [9.17, 15) is 9.90 Å². The van der Waals surface area contributed by atoms with Crippen LogP contribution in [0.3, 0.4) is 0 Å². The van der Waals surface area contributed by atoms with Gasteiger partial charge in [0.25, 0.3) is 5.91 Å². The molecule has 3 aromatic rings. The van der Waals surface area contributed by atoms with E-state index in [1.165, 1.54) is 0 Å². The Kier molecular flexibility index (Phi) is 5.63. The first-order valence-corrected chi connectivity index (χ1v) is 10.2. The lowest BCUT2D eigenvalue weighted by molar-refractivity contribution is -0.0211. The molecule has 1 aliphatic heterocycles. The van der Waals surface area contributed by atoms with Crippen molar-refractivity contribution in [1.29, 1.82) is 0 Å². The van der Waals surface area contributed by atoms with E-state index in [2.05, 4.69) is 4.57 Å². The molecule has 0 radical (unpaired) electrons. The normalized spacial score (nSPS) is 16.3. The maximum atomic E-state index is 13.0. The molecule has 0 atom stereocenters. The van der Waals surface area contributed by atoms with Crippen LogP contribution in [0, 0.1) is 0 Å². The van der Waals surface area contributed by atoms with Gasteiger partial charge < -0.3 is 19.3 Å². The molecule has 1 saturated heterocycles. The zero-order valence-corrected chi connectivity index (χ0v) is 17.2. The number of halogens is 1. The fourth-order valence-corrected chi connectivity index (χ4v) is 4.15. The van der Waals surface area contributed by atoms with Gasteiger partial charge in [-0.25, -0.2) is 0 Å². The van der Waals surface area contributed by atoms with Crippen LogP contribution >= 0.6 is 11.6 Å². The third-order valence-electron chi connectivity index (χ3n) is 5.81. The van der Waals surface area contributed by atoms with E-state index in [-0.39, 0.29) is 5.91 Å². The Morgan fingerprint density at radius 2 is 1.86 bits per heavy atom. The molecule has 0 unspecified atom stereocenters. The minimum absolute atomic E-state index is 0.00898. The lowest BCUT2D eigenvalue weighted by Gasteiger charge is -2.38. The second-order valence-corrected chi connectivity index (χ2v) is 8.04. The fourth-order valence-electron chi connectivity index (χ4n) is 4.03. The highest BCUT2D eigenvalue weighted by Crippen LogP contribution is 2.34. The van der Waals surface area contributed by atoms with E-state index in [0.29, 0.717) is 43.1 Å². The topological polar surface area (TPSA) is 54.7 Å². The molecule has 29 heavy (non-hydrogen) atoms. The summed E-state index contributed by atoms with van der Waals surface area (Å²) >= 11 is 5.95. The molecular formula is C23H25ClN2O3. The number of amides is 1. The molecule has 2 heterocycles. The number of aromatic nitrogens is 1. The van der Waals surface area contributed by atoms with Crippen LogP contribution < -0.4 is 0 Å². The summed E-state index contributed by atoms with van der Waals surface area (Å²) in [5.74, 6) is 0.00898. The summed E-state index contributed by atoms with van der Waals surface area (Å²) < 4.78 is 7.28. The second-order valence-electron chi connectivity index (χ2n) is 7.61. The van der Waals surface area contributed by atoms with Crippen molar-refractivity contribution in [1.82, 2.24) is 9.47 Å². The van der Waals surface area contributed by atoms with Gasteiger partial charge in [-0.15, -0.1) is 0 Å². The Morgan fingerprint density at radius 3 is 2.55 bits per heavy atom. The summed E-state index contributed by atoms with van der Waals surface area (Å²) in [6.07, 6.45) is 3.04. The maximum Gasteiger partial charge on any atom is 0.253 e. The molecule has 0 bridgehead atoms. The smallest absolute Gasteiger partial charge is 0.253 e. The van der Waals surface area contributed by atoms with Crippen molar-refractivity contribution in [2.24, 2.45) is 0 Å². The Balaban J connectivity index is 1.46. The van der Waals surface area contributed by atoms with Gasteiger partial charge in [-0.05, 0) is 54.8 Å². The molecule has 5 nitrogen and oxygen atoms in total. The zero-order valence-electron chi connectivity index (χ0n) is 16.5. The average molecular weight is 413 g/mol. The van der Waals surface area contributed by atoms with Gasteiger partial charge in [0, 0.05) is 54.4 Å². The summed E-state index contributed by atoms with van der Waals surface area (Å²) in [6, 6.07) is 15.2. The maximum absolute atomic E-state index is 13.0. The quantitative estimate of drug-likeness (QED) is 0.687. The first-order chi connectivity index (χ1) is 14.0. The number of nitrogens with zero attached hydrogens (tertiary/aromatic N) is 2. The minimum atomic E-state index is -0.913. The van der Waals surface area contributed by atoms with Crippen LogP contribution in [0.5, 0.6) is 0 Å². The van der Waals surface area contributed by atoms with Gasteiger partial charge in [-0.1, -0.05) is 23.7 Å². The predicted molar refractivity (Wildman–Crippen MR) is 114 cm³/mol. The number of carbonyl (C=O) groups excluding carboxylic acids is 1. The number of rotatable bonds is 5. The Hall–Kier alpha value is -2.34. The van der Waals surface area contributed by atoms with Gasteiger partial charge in [0.1, 0.15) is 0 Å². The Morgan fingerprint density at radius 1 is 1.14 bits per heavy atom. The molecule has 1 amide bonds. The first-order valence-electron chi connectivity index (χ1n) is 9.86. The largest absolute Gasteiger partial charge is 0.385 e. The number of carbonyl (C=O) groups is 1. The molecule has 4 rings (SSSR count). The van der Waals surface area contributed by atoms with E-state index in [1.807, 2.05) is 47.5 Å². The monoisotopic (exact) mass is 412 g/mol. The van der Waals surface area contributed by atoms with Gasteiger partial charge in [0.15, 0.2) is 0 Å². The van der Waals surface area contributed by atoms with Crippen molar-refractivity contribution in [3.8, 4) is 0 Å². The van der Waals surface area contributed by atoms with Crippen LogP contribution in [0.2, 0.25) is 5.02 Å². The summed E-state index contributed by atoms with van der Waals surface area (Å²) in [7, 11) is 1.69. The number of likely N-dealkylation sites (tertiary alicyclic amines) is 1. The molecule has 1 N–H and O–H groups in total. The molecule has 1 aromatic heterocycles. The summed E-state index contributed by atoms with van der Waals surface area (Å²) in [5, 5.41) is 12.7. The lowest BCUT2D eigenvalue weighted by Crippen LogP contribution is -2.45. The number of ether oxygens (including phenoxy) is 1. The van der Waals surface area contributed by atoms with E-state index < -0.39 is 5.60 Å². The van der Waals surface area contributed by atoms with Crippen molar-refractivity contribution in [3.63, 3.8) is 0 Å². The molecule has 1 aliphatic rings. The van der Waals surface area contributed by atoms with Crippen molar-refractivity contribution in [3.05, 3.63) is 70.9 Å². The SMILES string of the molecule is COCCn1ccc2cc(C(=O)N3CCC(O)(c4ccc(Cl)cc4)CC3)ccc21. The highest BCUT2D eigenvalue weighted by molar-refractivity contribution is 6.30. The Bertz CT molecular complexity index is 1000. The number of hydrogen-bond acceptors (Lipinski definition) is 3. The van der Waals surface area contributed by atoms with Gasteiger partial charge in [0.2, 0.25) is 0 Å². The van der Waals surface area contributed by atoms with E-state index in [0.717, 1.165) is 23.0 Å². The average Bonchev–Trinajstić information content (AvgIpc) is 3.15. The first kappa shape index (κ1) is 20.0. The number of methoxy groups -OCH3 is 1. The van der Waals surface area contributed by atoms with Crippen LogP contribution in [-0.2, 0) is 16.9 Å². The number of hydrogen-bond donors (Lipinski definition) is 1. The molecule has 0 saturated carbocycles. The van der Waals surface area contributed by atoms with Crippen LogP contribution in [-0.4, -0.2) is 47.3 Å². The van der Waals surface area contributed by atoms with Crippen molar-refractivity contribution < 1.29 is 14.6 Å². The van der Waals surface area contributed by atoms with Crippen LogP contribution in [0.4, 0.5) is 0 Å². The molecule has 6 heteroatoms. The predicted octanol–water partition coefficient (Wildman–Crippen LogP) is 4.06. The lowest BCUT2D eigenvalue weighted by atomic mass is 9.84. The molecule has 0 aliphatic carbocycles. The highest BCUT2D eigenvalue weighted by atomic mass is 35.5. The van der Waals surface area contributed by atoms with E-state index in [1.54, 1.807) is 19.2 Å². The summed E-state index contributed by atoms with van der Waals surface area (Å²) in [5.41, 5.74) is 1.71. The number of benzene rings is 2. The number of piperidine rings is 1. The third kappa shape index (κ3) is 4.04. The van der Waals surface area contributed by atoms with Gasteiger partial charge in [-0.3, -0.25) is 4.79 Å². The minimum Gasteiger partial charge on any atom is -0.385 e. The van der Waals surface area contributed by atoms with E-state index in [4.69, 9.17) is 16.3 Å². The standard InChI is InChI=1S/C23H25ClN2O3/c1-29-15-14-25-11-8-17-16-18(2-7-21(17)25)22(27)26-12-9-23(28,10-13-26)19-3-5-20(24)6-4-19/h2-8,11,16,28H,9-10,12-15H2,1H3. The van der Waals surface area contributed by atoms with Gasteiger partial charge >= 0.3 is 0 Å². The van der Waals surface area contributed by atoms with Crippen molar-refractivity contribution in [2.45, 2.75) is 25.0 Å². The Labute approximate surface area is 175 Å². The molecule has 152 valence electrons. The molecule has 0 spiro atoms. The van der Waals surface area contributed by atoms with Crippen LogP contribution in [0.15, 0.2) is 54.7 Å². The van der Waals surface area contributed by atoms with Gasteiger partial charge in [-0.2, -0.15) is 0 Å². The second kappa shape index (κ2) is 8.19. The molecule has 2 aromatic carbocycles. The number of aliphatic hydroxyl groups is 1. The van der Waals surface area contributed by atoms with Gasteiger partial charge in [0.05, 0.1) is 12.2 Å². The highest BCUT2D eigenvalue weighted by Gasteiger charge is 2.35. The number of fused-ring (bicyclic) bond motifs is 1. The third-order valence-corrected chi connectivity index (χ3v) is 6.07. The van der Waals surface area contributed by atoms with Crippen molar-refractivity contribution in [2.75, 3.05) is 26.8 Å². The zero-order chi connectivity index (χ0) is 20.4.